The number of hydrogen-bond donors (Lipinski definition) is 1. The second kappa shape index (κ2) is 7.99. The molecular weight excluding hydrogens is 378 g/mol. The normalized spacial score (nSPS) is 11.7. The highest BCUT2D eigenvalue weighted by Crippen LogP contribution is 2.23. The smallest absolute Gasteiger partial charge is 0.255 e. The van der Waals surface area contributed by atoms with Crippen LogP contribution in [-0.4, -0.2) is 35.0 Å². The number of benzene rings is 1. The van der Waals surface area contributed by atoms with Crippen LogP contribution in [0.25, 0.3) is 5.69 Å². The Morgan fingerprint density at radius 1 is 1.30 bits per heavy atom. The van der Waals surface area contributed by atoms with Crippen molar-refractivity contribution >= 4 is 34.2 Å². The van der Waals surface area contributed by atoms with Crippen LogP contribution in [0, 0.1) is 13.8 Å². The fraction of sp³-hybridized carbons (Fsp3) is 0.353. The summed E-state index contributed by atoms with van der Waals surface area (Å²) >= 11 is 3.44. The van der Waals surface area contributed by atoms with Crippen LogP contribution in [-0.2, 0) is 0 Å². The summed E-state index contributed by atoms with van der Waals surface area (Å²) < 4.78 is 3.13. The number of aryl methyl sites for hydroxylation is 1. The average Bonchev–Trinajstić information content (AvgIpc) is 2.81. The lowest BCUT2D eigenvalue weighted by Gasteiger charge is -2.23. The molecule has 23 heavy (non-hydrogen) atoms. The fourth-order valence-electron chi connectivity index (χ4n) is 2.52. The molecule has 0 bridgehead atoms. The van der Waals surface area contributed by atoms with E-state index in [-0.39, 0.29) is 24.4 Å². The van der Waals surface area contributed by atoms with Crippen molar-refractivity contribution in [3.05, 3.63) is 51.8 Å². The van der Waals surface area contributed by atoms with Crippen LogP contribution in [0.3, 0.4) is 0 Å². The number of nitrogens with zero attached hydrogens (tertiary/aromatic N) is 2. The van der Waals surface area contributed by atoms with Gasteiger partial charge in [-0.2, -0.15) is 0 Å². The summed E-state index contributed by atoms with van der Waals surface area (Å²) in [6, 6.07) is 10.0. The molecule has 126 valence electrons. The molecule has 0 aliphatic heterocycles. The van der Waals surface area contributed by atoms with Crippen molar-refractivity contribution in [2.75, 3.05) is 13.6 Å². The van der Waals surface area contributed by atoms with Crippen molar-refractivity contribution in [2.24, 2.45) is 5.73 Å². The molecule has 1 amide bonds. The molecule has 1 atom stereocenters. The van der Waals surface area contributed by atoms with Gasteiger partial charge in [0.05, 0.1) is 5.56 Å². The fourth-order valence-corrected chi connectivity index (χ4v) is 2.78. The van der Waals surface area contributed by atoms with E-state index in [9.17, 15) is 4.79 Å². The van der Waals surface area contributed by atoms with E-state index in [1.54, 1.807) is 11.9 Å². The maximum atomic E-state index is 12.7. The maximum absolute atomic E-state index is 12.7. The predicted molar refractivity (Wildman–Crippen MR) is 101 cm³/mol. The van der Waals surface area contributed by atoms with Crippen molar-refractivity contribution in [3.63, 3.8) is 0 Å². The lowest BCUT2D eigenvalue weighted by Crippen LogP contribution is -2.39. The Morgan fingerprint density at radius 3 is 2.39 bits per heavy atom. The van der Waals surface area contributed by atoms with Gasteiger partial charge in [0.15, 0.2) is 0 Å². The Morgan fingerprint density at radius 2 is 1.87 bits per heavy atom. The molecule has 0 saturated heterocycles. The number of aromatic nitrogens is 1. The van der Waals surface area contributed by atoms with Gasteiger partial charge in [0.2, 0.25) is 0 Å². The third-order valence-electron chi connectivity index (χ3n) is 4.07. The summed E-state index contributed by atoms with van der Waals surface area (Å²) in [5, 5.41) is 0. The minimum Gasteiger partial charge on any atom is -0.338 e. The van der Waals surface area contributed by atoms with Crippen LogP contribution in [0.5, 0.6) is 0 Å². The molecule has 4 nitrogen and oxygen atoms in total. The summed E-state index contributed by atoms with van der Waals surface area (Å²) in [6.07, 6.45) is 0. The molecule has 0 fully saturated rings. The average molecular weight is 401 g/mol. The summed E-state index contributed by atoms with van der Waals surface area (Å²) in [6.45, 7) is 6.39. The topological polar surface area (TPSA) is 51.3 Å². The molecule has 2 N–H and O–H groups in total. The van der Waals surface area contributed by atoms with Gasteiger partial charge in [-0.1, -0.05) is 15.9 Å². The van der Waals surface area contributed by atoms with E-state index in [1.807, 2.05) is 51.1 Å². The summed E-state index contributed by atoms with van der Waals surface area (Å²) in [4.78, 5) is 14.4. The second-order valence-electron chi connectivity index (χ2n) is 5.60. The molecular formula is C17H23BrClN3O. The lowest BCUT2D eigenvalue weighted by molar-refractivity contribution is 0.0747. The first-order valence-electron chi connectivity index (χ1n) is 7.29. The number of amides is 1. The zero-order chi connectivity index (χ0) is 16.4. The zero-order valence-corrected chi connectivity index (χ0v) is 16.2. The van der Waals surface area contributed by atoms with Gasteiger partial charge in [0, 0.05) is 41.2 Å². The molecule has 6 heteroatoms. The SMILES string of the molecule is Cc1cc(C(=O)N(C)C(C)CN)c(C)n1-c1ccc(Br)cc1.Cl. The molecule has 0 spiro atoms. The monoisotopic (exact) mass is 399 g/mol. The number of likely N-dealkylation sites (N-methyl/N-ethyl adjacent to an activating group) is 1. The summed E-state index contributed by atoms with van der Waals surface area (Å²) in [5.41, 5.74) is 9.42. The summed E-state index contributed by atoms with van der Waals surface area (Å²) in [5.74, 6) is 0.00871. The van der Waals surface area contributed by atoms with Crippen LogP contribution in [0.2, 0.25) is 0 Å². The quantitative estimate of drug-likeness (QED) is 0.851. The van der Waals surface area contributed by atoms with E-state index in [2.05, 4.69) is 20.5 Å². The molecule has 2 rings (SSSR count). The van der Waals surface area contributed by atoms with Crippen LogP contribution >= 0.6 is 28.3 Å². The zero-order valence-electron chi connectivity index (χ0n) is 13.8. The van der Waals surface area contributed by atoms with E-state index >= 15 is 0 Å². The number of carbonyl (C=O) groups is 1. The van der Waals surface area contributed by atoms with E-state index in [1.165, 1.54) is 0 Å². The minimum absolute atomic E-state index is 0. The largest absolute Gasteiger partial charge is 0.338 e. The number of nitrogens with two attached hydrogens (primary N) is 1. The van der Waals surface area contributed by atoms with Crippen molar-refractivity contribution < 1.29 is 4.79 Å². The van der Waals surface area contributed by atoms with Gasteiger partial charge < -0.3 is 15.2 Å². The first-order valence-corrected chi connectivity index (χ1v) is 8.08. The summed E-state index contributed by atoms with van der Waals surface area (Å²) in [7, 11) is 1.80. The molecule has 1 heterocycles. The molecule has 2 aromatic rings. The number of halogens is 2. The second-order valence-corrected chi connectivity index (χ2v) is 6.51. The van der Waals surface area contributed by atoms with Crippen molar-refractivity contribution in [1.29, 1.82) is 0 Å². The maximum Gasteiger partial charge on any atom is 0.255 e. The number of hydrogen-bond acceptors (Lipinski definition) is 2. The lowest BCUT2D eigenvalue weighted by atomic mass is 10.2. The van der Waals surface area contributed by atoms with Gasteiger partial charge in [-0.15, -0.1) is 12.4 Å². The molecule has 1 aromatic heterocycles. The van der Waals surface area contributed by atoms with E-state index in [0.717, 1.165) is 27.1 Å². The van der Waals surface area contributed by atoms with Crippen molar-refractivity contribution in [1.82, 2.24) is 9.47 Å². The molecule has 1 unspecified atom stereocenters. The number of rotatable bonds is 4. The minimum atomic E-state index is 0. The van der Waals surface area contributed by atoms with Gasteiger partial charge in [-0.05, 0) is 51.1 Å². The standard InChI is InChI=1S/C17H22BrN3O.ClH/c1-11-9-16(17(22)20(4)12(2)10-19)13(3)21(11)15-7-5-14(18)6-8-15;/h5-9,12H,10,19H2,1-4H3;1H. The third kappa shape index (κ3) is 3.97. The van der Waals surface area contributed by atoms with Gasteiger partial charge in [-0.25, -0.2) is 0 Å². The first kappa shape index (κ1) is 19.7. The van der Waals surface area contributed by atoms with Crippen molar-refractivity contribution in [3.8, 4) is 5.69 Å². The third-order valence-corrected chi connectivity index (χ3v) is 4.60. The van der Waals surface area contributed by atoms with Crippen molar-refractivity contribution in [2.45, 2.75) is 26.8 Å². The van der Waals surface area contributed by atoms with E-state index in [0.29, 0.717) is 6.54 Å². The Kier molecular flexibility index (Phi) is 6.86. The predicted octanol–water partition coefficient (Wildman–Crippen LogP) is 3.70. The highest BCUT2D eigenvalue weighted by atomic mass is 79.9. The molecule has 0 aliphatic rings. The van der Waals surface area contributed by atoms with Gasteiger partial charge in [0.25, 0.3) is 5.91 Å². The molecule has 0 aliphatic carbocycles. The van der Waals surface area contributed by atoms with E-state index in [4.69, 9.17) is 5.73 Å². The molecule has 1 aromatic carbocycles. The van der Waals surface area contributed by atoms with Gasteiger partial charge >= 0.3 is 0 Å². The van der Waals surface area contributed by atoms with Crippen LogP contribution in [0.1, 0.15) is 28.7 Å². The Bertz CT molecular complexity index is 682. The van der Waals surface area contributed by atoms with Crippen LogP contribution < -0.4 is 5.73 Å². The Balaban J connectivity index is 0.00000264. The molecule has 0 saturated carbocycles. The first-order chi connectivity index (χ1) is 10.4. The van der Waals surface area contributed by atoms with Gasteiger partial charge in [0.1, 0.15) is 0 Å². The van der Waals surface area contributed by atoms with E-state index < -0.39 is 0 Å². The van der Waals surface area contributed by atoms with Crippen LogP contribution in [0.15, 0.2) is 34.8 Å². The molecule has 0 radical (unpaired) electrons. The highest BCUT2D eigenvalue weighted by molar-refractivity contribution is 9.10. The van der Waals surface area contributed by atoms with Crippen LogP contribution in [0.4, 0.5) is 0 Å². The number of carbonyl (C=O) groups excluding carboxylic acids is 1. The van der Waals surface area contributed by atoms with Gasteiger partial charge in [-0.3, -0.25) is 4.79 Å². The Hall–Kier alpha value is -1.30. The Labute approximate surface area is 152 Å². The highest BCUT2D eigenvalue weighted by Gasteiger charge is 2.22.